The molecule has 4 aromatic rings. The van der Waals surface area contributed by atoms with E-state index in [-0.39, 0.29) is 28.9 Å². The highest BCUT2D eigenvalue weighted by atomic mass is 35.5. The van der Waals surface area contributed by atoms with Crippen molar-refractivity contribution in [1.82, 2.24) is 14.8 Å². The van der Waals surface area contributed by atoms with Crippen LogP contribution in [0.15, 0.2) is 71.9 Å². The van der Waals surface area contributed by atoms with Crippen molar-refractivity contribution < 1.29 is 18.8 Å². The van der Waals surface area contributed by atoms with Crippen LogP contribution in [0.2, 0.25) is 5.02 Å². The van der Waals surface area contributed by atoms with Crippen LogP contribution in [0.1, 0.15) is 22.2 Å². The minimum absolute atomic E-state index is 0.141. The molecule has 11 heteroatoms. The maximum Gasteiger partial charge on any atom is 0.220 e. The van der Waals surface area contributed by atoms with Gasteiger partial charge >= 0.3 is 0 Å². The summed E-state index contributed by atoms with van der Waals surface area (Å²) >= 11 is 7.76. The lowest BCUT2D eigenvalue weighted by Crippen LogP contribution is -2.12. The second kappa shape index (κ2) is 11.4. The number of thioether (sulfide) groups is 1. The standard InChI is InChI=1S/C25H22ClFN4O4S/c1-16-28-29-25(31(16)20-6-4-3-5-7-20)36-23(14-30(32)33)18-12-21(26)24(22(13-18)34-2)35-15-17-8-10-19(27)11-9-17/h3-13,23H,14-15H2,1-2H3/t23-/m1/s1. The molecule has 0 N–H and O–H groups in total. The van der Waals surface area contributed by atoms with Crippen LogP contribution in [-0.2, 0) is 6.61 Å². The van der Waals surface area contributed by atoms with Crippen molar-refractivity contribution in [3.8, 4) is 17.2 Å². The van der Waals surface area contributed by atoms with Gasteiger partial charge < -0.3 is 9.47 Å². The third-order valence-corrected chi connectivity index (χ3v) is 6.75. The van der Waals surface area contributed by atoms with Gasteiger partial charge in [0, 0.05) is 10.6 Å². The van der Waals surface area contributed by atoms with Crippen LogP contribution >= 0.6 is 23.4 Å². The van der Waals surface area contributed by atoms with Crippen molar-refractivity contribution in [1.29, 1.82) is 0 Å². The summed E-state index contributed by atoms with van der Waals surface area (Å²) in [6.45, 7) is 1.59. The predicted octanol–water partition coefficient (Wildman–Crippen LogP) is 6.07. The molecular formula is C25H22ClFN4O4S. The Balaban J connectivity index is 1.64. The van der Waals surface area contributed by atoms with Crippen LogP contribution < -0.4 is 9.47 Å². The first-order valence-corrected chi connectivity index (χ1v) is 12.1. The molecule has 186 valence electrons. The Hall–Kier alpha value is -3.63. The molecule has 0 saturated heterocycles. The second-order valence-corrected chi connectivity index (χ2v) is 9.35. The van der Waals surface area contributed by atoms with Crippen molar-refractivity contribution in [3.05, 3.63) is 105 Å². The number of halogens is 2. The highest BCUT2D eigenvalue weighted by Crippen LogP contribution is 2.43. The topological polar surface area (TPSA) is 92.3 Å². The van der Waals surface area contributed by atoms with Gasteiger partial charge in [-0.15, -0.1) is 10.2 Å². The first kappa shape index (κ1) is 25.5. The van der Waals surface area contributed by atoms with E-state index in [4.69, 9.17) is 21.1 Å². The van der Waals surface area contributed by atoms with E-state index >= 15 is 0 Å². The molecule has 0 fully saturated rings. The molecule has 0 bridgehead atoms. The lowest BCUT2D eigenvalue weighted by molar-refractivity contribution is -0.479. The minimum Gasteiger partial charge on any atom is -0.493 e. The van der Waals surface area contributed by atoms with Crippen molar-refractivity contribution in [3.63, 3.8) is 0 Å². The molecule has 0 aliphatic heterocycles. The summed E-state index contributed by atoms with van der Waals surface area (Å²) in [7, 11) is 1.46. The summed E-state index contributed by atoms with van der Waals surface area (Å²) in [6.07, 6.45) is 0. The summed E-state index contributed by atoms with van der Waals surface area (Å²) in [4.78, 5) is 11.2. The number of nitrogens with zero attached hydrogens (tertiary/aromatic N) is 4. The van der Waals surface area contributed by atoms with E-state index in [2.05, 4.69) is 10.2 Å². The van der Waals surface area contributed by atoms with Gasteiger partial charge in [0.2, 0.25) is 6.54 Å². The van der Waals surface area contributed by atoms with E-state index in [0.717, 1.165) is 11.3 Å². The van der Waals surface area contributed by atoms with Gasteiger partial charge in [0.05, 0.1) is 12.1 Å². The van der Waals surface area contributed by atoms with Gasteiger partial charge in [-0.25, -0.2) is 4.39 Å². The lowest BCUT2D eigenvalue weighted by Gasteiger charge is -2.18. The molecule has 1 heterocycles. The number of nitro groups is 1. The van der Waals surface area contributed by atoms with Gasteiger partial charge in [0.1, 0.15) is 23.5 Å². The molecule has 4 rings (SSSR count). The van der Waals surface area contributed by atoms with E-state index in [1.165, 1.54) is 31.0 Å². The molecule has 0 amide bonds. The number of hydrogen-bond donors (Lipinski definition) is 0. The Morgan fingerprint density at radius 3 is 2.53 bits per heavy atom. The van der Waals surface area contributed by atoms with Crippen LogP contribution in [0.4, 0.5) is 4.39 Å². The average Bonchev–Trinajstić information content (AvgIpc) is 3.23. The number of ether oxygens (including phenoxy) is 2. The molecule has 1 aromatic heterocycles. The second-order valence-electron chi connectivity index (χ2n) is 7.77. The number of hydrogen-bond acceptors (Lipinski definition) is 7. The van der Waals surface area contributed by atoms with Gasteiger partial charge in [-0.2, -0.15) is 0 Å². The average molecular weight is 529 g/mol. The monoisotopic (exact) mass is 528 g/mol. The summed E-state index contributed by atoms with van der Waals surface area (Å²) in [5, 5.41) is 20.1. The SMILES string of the molecule is COc1cc([C@@H](C[N+](=O)[O-])Sc2nnc(C)n2-c2ccccc2)cc(Cl)c1OCc1ccc(F)cc1. The summed E-state index contributed by atoms with van der Waals surface area (Å²) in [5.74, 6) is 0.935. The van der Waals surface area contributed by atoms with Gasteiger partial charge in [-0.05, 0) is 54.4 Å². The minimum atomic E-state index is -0.636. The van der Waals surface area contributed by atoms with Crippen LogP contribution in [0.25, 0.3) is 5.69 Å². The van der Waals surface area contributed by atoms with E-state index in [1.807, 2.05) is 41.8 Å². The van der Waals surface area contributed by atoms with Gasteiger partial charge in [-0.3, -0.25) is 14.7 Å². The fourth-order valence-corrected chi connectivity index (χ4v) is 5.00. The maximum absolute atomic E-state index is 13.2. The van der Waals surface area contributed by atoms with E-state index < -0.39 is 5.25 Å². The summed E-state index contributed by atoms with van der Waals surface area (Å²) in [5.41, 5.74) is 2.17. The zero-order valence-corrected chi connectivity index (χ0v) is 21.0. The molecule has 0 saturated carbocycles. The normalized spacial score (nSPS) is 11.8. The van der Waals surface area contributed by atoms with E-state index in [1.54, 1.807) is 24.3 Å². The first-order valence-electron chi connectivity index (χ1n) is 10.9. The summed E-state index contributed by atoms with van der Waals surface area (Å²) < 4.78 is 26.4. The fraction of sp³-hybridized carbons (Fsp3) is 0.200. The number of para-hydroxylation sites is 1. The van der Waals surface area contributed by atoms with Crippen LogP contribution in [-0.4, -0.2) is 33.3 Å². The van der Waals surface area contributed by atoms with Gasteiger partial charge in [-0.1, -0.05) is 53.7 Å². The van der Waals surface area contributed by atoms with Crippen molar-refractivity contribution >= 4 is 23.4 Å². The fourth-order valence-electron chi connectivity index (χ4n) is 3.57. The smallest absolute Gasteiger partial charge is 0.220 e. The number of aryl methyl sites for hydroxylation is 1. The highest BCUT2D eigenvalue weighted by molar-refractivity contribution is 7.99. The van der Waals surface area contributed by atoms with Crippen LogP contribution in [0, 0.1) is 22.9 Å². The van der Waals surface area contributed by atoms with Crippen LogP contribution in [0.3, 0.4) is 0 Å². The molecule has 8 nitrogen and oxygen atoms in total. The molecule has 0 unspecified atom stereocenters. The van der Waals surface area contributed by atoms with Crippen molar-refractivity contribution in [2.75, 3.05) is 13.7 Å². The first-order chi connectivity index (χ1) is 17.4. The van der Waals surface area contributed by atoms with Gasteiger partial charge in [0.15, 0.2) is 16.7 Å². The maximum atomic E-state index is 13.2. The third kappa shape index (κ3) is 5.95. The largest absolute Gasteiger partial charge is 0.493 e. The Bertz CT molecular complexity index is 1350. The zero-order valence-electron chi connectivity index (χ0n) is 19.4. The quantitative estimate of drug-likeness (QED) is 0.140. The van der Waals surface area contributed by atoms with E-state index in [9.17, 15) is 14.5 Å². The molecule has 0 aliphatic carbocycles. The number of methoxy groups -OCH3 is 1. The van der Waals surface area contributed by atoms with Gasteiger partial charge in [0.25, 0.3) is 0 Å². The van der Waals surface area contributed by atoms with Crippen molar-refractivity contribution in [2.24, 2.45) is 0 Å². The lowest BCUT2D eigenvalue weighted by atomic mass is 10.1. The zero-order chi connectivity index (χ0) is 25.7. The third-order valence-electron chi connectivity index (χ3n) is 5.29. The number of aromatic nitrogens is 3. The number of rotatable bonds is 10. The highest BCUT2D eigenvalue weighted by Gasteiger charge is 2.26. The molecule has 0 radical (unpaired) electrons. The predicted molar refractivity (Wildman–Crippen MR) is 135 cm³/mol. The Morgan fingerprint density at radius 1 is 1.14 bits per heavy atom. The molecule has 3 aromatic carbocycles. The molecule has 1 atom stereocenters. The Labute approximate surface area is 216 Å². The summed E-state index contributed by atoms with van der Waals surface area (Å²) in [6, 6.07) is 18.7. The Morgan fingerprint density at radius 2 is 1.86 bits per heavy atom. The molecule has 0 aliphatic rings. The molecule has 36 heavy (non-hydrogen) atoms. The number of benzene rings is 3. The Kier molecular flexibility index (Phi) is 8.07. The molecule has 0 spiro atoms. The van der Waals surface area contributed by atoms with Crippen molar-refractivity contribution in [2.45, 2.75) is 23.9 Å². The van der Waals surface area contributed by atoms with Crippen LogP contribution in [0.5, 0.6) is 11.5 Å². The molecular weight excluding hydrogens is 507 g/mol. The van der Waals surface area contributed by atoms with E-state index in [0.29, 0.717) is 28.0 Å².